The number of amides is 1. The number of primary amides is 1. The number of halogens is 3. The van der Waals surface area contributed by atoms with E-state index < -0.39 is 12.1 Å². The fourth-order valence-corrected chi connectivity index (χ4v) is 2.84. The van der Waals surface area contributed by atoms with E-state index in [-0.39, 0.29) is 5.91 Å². The van der Waals surface area contributed by atoms with Crippen LogP contribution in [0.5, 0.6) is 0 Å². The Morgan fingerprint density at radius 1 is 1.30 bits per heavy atom. The second kappa shape index (κ2) is 12.1. The molecule has 166 valence electrons. The number of allylic oxidation sites excluding steroid dienone is 2. The molecule has 0 heterocycles. The molecule has 0 spiro atoms. The summed E-state index contributed by atoms with van der Waals surface area (Å²) in [6.45, 7) is 6.29. The quantitative estimate of drug-likeness (QED) is 0.549. The van der Waals surface area contributed by atoms with Crippen LogP contribution in [0.3, 0.4) is 0 Å². The predicted octanol–water partition coefficient (Wildman–Crippen LogP) is 3.63. The molecular formula is C21H27F3N2O4. The van der Waals surface area contributed by atoms with Gasteiger partial charge in [-0.25, -0.2) is 4.79 Å². The van der Waals surface area contributed by atoms with E-state index in [9.17, 15) is 18.0 Å². The molecule has 0 atom stereocenters. The second-order valence-corrected chi connectivity index (χ2v) is 6.68. The Bertz CT molecular complexity index is 789. The van der Waals surface area contributed by atoms with Gasteiger partial charge in [0.05, 0.1) is 6.61 Å². The first-order valence-electron chi connectivity index (χ1n) is 9.39. The standard InChI is InChI=1S/C19H26N2O2.C2HF3O2/c1-14(13-21-10-11-23-2)16-8-9-17(19(20)22)18(12-16)15-6-4-3-5-7-15;3-2(4,5)1(6)7/h6,8-9,12,21H,1,3-5,7,10-11,13H2,2H3,(H2,20,22);(H,6,7). The summed E-state index contributed by atoms with van der Waals surface area (Å²) in [5.74, 6) is -3.13. The first-order valence-corrected chi connectivity index (χ1v) is 9.39. The van der Waals surface area contributed by atoms with Crippen LogP contribution in [0.1, 0.15) is 47.2 Å². The maximum absolute atomic E-state index is 11.7. The number of methoxy groups -OCH3 is 1. The molecule has 0 aromatic heterocycles. The van der Waals surface area contributed by atoms with Gasteiger partial charge in [-0.15, -0.1) is 0 Å². The summed E-state index contributed by atoms with van der Waals surface area (Å²) in [7, 11) is 1.68. The fraction of sp³-hybridized carbons (Fsp3) is 0.429. The number of rotatable bonds is 8. The van der Waals surface area contributed by atoms with Crippen LogP contribution in [0.4, 0.5) is 13.2 Å². The molecule has 1 aliphatic rings. The van der Waals surface area contributed by atoms with Crippen molar-refractivity contribution in [2.45, 2.75) is 31.9 Å². The van der Waals surface area contributed by atoms with Crippen LogP contribution in [0, 0.1) is 0 Å². The number of nitrogens with one attached hydrogen (secondary N) is 1. The Kier molecular flexibility index (Phi) is 10.3. The van der Waals surface area contributed by atoms with Gasteiger partial charge in [-0.05, 0) is 60.1 Å². The first kappa shape index (κ1) is 25.4. The molecule has 2 rings (SSSR count). The number of hydrogen-bond donors (Lipinski definition) is 3. The largest absolute Gasteiger partial charge is 0.490 e. The van der Waals surface area contributed by atoms with E-state index in [0.717, 1.165) is 42.5 Å². The van der Waals surface area contributed by atoms with Gasteiger partial charge in [-0.3, -0.25) is 4.79 Å². The molecule has 1 amide bonds. The Balaban J connectivity index is 0.000000553. The van der Waals surface area contributed by atoms with E-state index in [2.05, 4.69) is 24.0 Å². The van der Waals surface area contributed by atoms with Crippen LogP contribution in [0.2, 0.25) is 0 Å². The van der Waals surface area contributed by atoms with E-state index in [1.165, 1.54) is 12.0 Å². The van der Waals surface area contributed by atoms with Gasteiger partial charge in [0.2, 0.25) is 5.91 Å². The average Bonchev–Trinajstić information content (AvgIpc) is 2.71. The predicted molar refractivity (Wildman–Crippen MR) is 109 cm³/mol. The van der Waals surface area contributed by atoms with Crippen molar-refractivity contribution in [3.63, 3.8) is 0 Å². The van der Waals surface area contributed by atoms with Gasteiger partial charge in [-0.2, -0.15) is 13.2 Å². The van der Waals surface area contributed by atoms with E-state index in [4.69, 9.17) is 20.4 Å². The number of carbonyl (C=O) groups is 2. The minimum atomic E-state index is -5.08. The van der Waals surface area contributed by atoms with Crippen LogP contribution in [-0.2, 0) is 9.53 Å². The van der Waals surface area contributed by atoms with Crippen molar-refractivity contribution in [3.8, 4) is 0 Å². The smallest absolute Gasteiger partial charge is 0.475 e. The average molecular weight is 428 g/mol. The van der Waals surface area contributed by atoms with Crippen molar-refractivity contribution < 1.29 is 32.6 Å². The molecule has 0 bridgehead atoms. The number of aliphatic carboxylic acids is 1. The lowest BCUT2D eigenvalue weighted by molar-refractivity contribution is -0.192. The van der Waals surface area contributed by atoms with Gasteiger partial charge >= 0.3 is 12.1 Å². The van der Waals surface area contributed by atoms with Gasteiger partial charge in [0.15, 0.2) is 0 Å². The van der Waals surface area contributed by atoms with Crippen LogP contribution in [0.25, 0.3) is 11.1 Å². The van der Waals surface area contributed by atoms with Gasteiger partial charge in [0, 0.05) is 25.8 Å². The molecule has 0 fully saturated rings. The number of hydrogen-bond acceptors (Lipinski definition) is 4. The number of carbonyl (C=O) groups excluding carboxylic acids is 1. The van der Waals surface area contributed by atoms with Crippen LogP contribution >= 0.6 is 0 Å². The zero-order valence-electron chi connectivity index (χ0n) is 16.8. The van der Waals surface area contributed by atoms with Gasteiger partial charge < -0.3 is 20.9 Å². The van der Waals surface area contributed by atoms with Crippen molar-refractivity contribution in [1.29, 1.82) is 0 Å². The Hall–Kier alpha value is -2.65. The zero-order valence-corrected chi connectivity index (χ0v) is 16.8. The summed E-state index contributed by atoms with van der Waals surface area (Å²) in [5.41, 5.74) is 10.4. The van der Waals surface area contributed by atoms with Crippen molar-refractivity contribution in [2.24, 2.45) is 5.73 Å². The molecule has 0 unspecified atom stereocenters. The van der Waals surface area contributed by atoms with Crippen molar-refractivity contribution >= 4 is 23.0 Å². The van der Waals surface area contributed by atoms with E-state index in [1.807, 2.05) is 12.1 Å². The topological polar surface area (TPSA) is 102 Å². The summed E-state index contributed by atoms with van der Waals surface area (Å²) in [6, 6.07) is 5.80. The highest BCUT2D eigenvalue weighted by Gasteiger charge is 2.38. The molecule has 6 nitrogen and oxygen atoms in total. The molecule has 1 aromatic rings. The monoisotopic (exact) mass is 428 g/mol. The highest BCUT2D eigenvalue weighted by molar-refractivity contribution is 5.98. The SMILES string of the molecule is C=C(CNCCOC)c1ccc(C(N)=O)c(C2=CCCCC2)c1.O=C(O)C(F)(F)F. The third-order valence-electron chi connectivity index (χ3n) is 4.39. The van der Waals surface area contributed by atoms with Gasteiger partial charge in [-0.1, -0.05) is 18.7 Å². The van der Waals surface area contributed by atoms with Gasteiger partial charge in [0.25, 0.3) is 0 Å². The molecule has 1 aromatic carbocycles. The highest BCUT2D eigenvalue weighted by atomic mass is 19.4. The van der Waals surface area contributed by atoms with Crippen LogP contribution in [-0.4, -0.2) is 50.0 Å². The fourth-order valence-electron chi connectivity index (χ4n) is 2.84. The van der Waals surface area contributed by atoms with Crippen LogP contribution < -0.4 is 11.1 Å². The summed E-state index contributed by atoms with van der Waals surface area (Å²) in [5, 5.41) is 10.4. The lowest BCUT2D eigenvalue weighted by Crippen LogP contribution is -2.21. The number of carboxylic acids is 1. The number of benzene rings is 1. The maximum Gasteiger partial charge on any atom is 0.490 e. The van der Waals surface area contributed by atoms with Crippen molar-refractivity contribution in [3.05, 3.63) is 47.5 Å². The first-order chi connectivity index (χ1) is 14.1. The molecule has 0 radical (unpaired) electrons. The number of nitrogens with two attached hydrogens (primary N) is 1. The molecule has 0 aliphatic heterocycles. The molecule has 30 heavy (non-hydrogen) atoms. The lowest BCUT2D eigenvalue weighted by atomic mass is 9.88. The van der Waals surface area contributed by atoms with Crippen molar-refractivity contribution in [1.82, 2.24) is 5.32 Å². The summed E-state index contributed by atoms with van der Waals surface area (Å²) in [4.78, 5) is 20.6. The highest BCUT2D eigenvalue weighted by Crippen LogP contribution is 2.31. The lowest BCUT2D eigenvalue weighted by Gasteiger charge is -2.17. The summed E-state index contributed by atoms with van der Waals surface area (Å²) in [6.07, 6.45) is 1.59. The molecule has 9 heteroatoms. The number of alkyl halides is 3. The third-order valence-corrected chi connectivity index (χ3v) is 4.39. The number of carboxylic acid groups (broad SMARTS) is 1. The third kappa shape index (κ3) is 8.38. The Labute approximate surface area is 173 Å². The van der Waals surface area contributed by atoms with Crippen LogP contribution in [0.15, 0.2) is 30.9 Å². The summed E-state index contributed by atoms with van der Waals surface area (Å²) < 4.78 is 36.8. The van der Waals surface area contributed by atoms with E-state index in [0.29, 0.717) is 18.7 Å². The second-order valence-electron chi connectivity index (χ2n) is 6.68. The maximum atomic E-state index is 11.7. The minimum absolute atomic E-state index is 0.373. The van der Waals surface area contributed by atoms with E-state index in [1.54, 1.807) is 7.11 Å². The normalized spacial score (nSPS) is 13.7. The Morgan fingerprint density at radius 2 is 1.97 bits per heavy atom. The minimum Gasteiger partial charge on any atom is -0.475 e. The molecule has 0 saturated heterocycles. The molecule has 1 aliphatic carbocycles. The zero-order chi connectivity index (χ0) is 22.7. The number of ether oxygens (including phenoxy) is 1. The summed E-state index contributed by atoms with van der Waals surface area (Å²) >= 11 is 0. The molecule has 4 N–H and O–H groups in total. The van der Waals surface area contributed by atoms with Crippen molar-refractivity contribution in [2.75, 3.05) is 26.8 Å². The Morgan fingerprint density at radius 3 is 2.47 bits per heavy atom. The van der Waals surface area contributed by atoms with E-state index >= 15 is 0 Å². The molecule has 0 saturated carbocycles. The van der Waals surface area contributed by atoms with Gasteiger partial charge in [0.1, 0.15) is 0 Å². The molecular weight excluding hydrogens is 401 g/mol.